The van der Waals surface area contributed by atoms with Crippen molar-refractivity contribution in [3.8, 4) is 6.07 Å². The molecule has 0 saturated carbocycles. The summed E-state index contributed by atoms with van der Waals surface area (Å²) in [6, 6.07) is 12.2. The van der Waals surface area contributed by atoms with Crippen molar-refractivity contribution >= 4 is 34.3 Å². The van der Waals surface area contributed by atoms with Crippen molar-refractivity contribution in [2.24, 2.45) is 0 Å². The number of rotatable bonds is 6. The summed E-state index contributed by atoms with van der Waals surface area (Å²) < 4.78 is 2.73. The second kappa shape index (κ2) is 8.75. The number of dihydropyridines is 1. The first kappa shape index (κ1) is 19.0. The van der Waals surface area contributed by atoms with Gasteiger partial charge in [-0.3, -0.25) is 9.52 Å². The summed E-state index contributed by atoms with van der Waals surface area (Å²) in [5, 5.41) is 13.0. The van der Waals surface area contributed by atoms with Gasteiger partial charge in [0.1, 0.15) is 17.9 Å². The lowest BCUT2D eigenvalue weighted by molar-refractivity contribution is 0.0980. The van der Waals surface area contributed by atoms with Crippen molar-refractivity contribution in [3.05, 3.63) is 70.4 Å². The Morgan fingerprint density at radius 1 is 1.44 bits per heavy atom. The Hall–Kier alpha value is -2.76. The van der Waals surface area contributed by atoms with Crippen molar-refractivity contribution in [2.45, 2.75) is 19.6 Å². The van der Waals surface area contributed by atoms with Crippen molar-refractivity contribution in [1.29, 1.82) is 5.26 Å². The van der Waals surface area contributed by atoms with E-state index >= 15 is 0 Å². The highest BCUT2D eigenvalue weighted by Gasteiger charge is 2.24. The topological polar surface area (TPSA) is 81.1 Å². The lowest BCUT2D eigenvalue weighted by Gasteiger charge is -2.31. The highest BCUT2D eigenvalue weighted by atomic mass is 32.2. The number of aromatic nitrogens is 1. The molecule has 1 amide bonds. The van der Waals surface area contributed by atoms with Gasteiger partial charge >= 0.3 is 0 Å². The lowest BCUT2D eigenvalue weighted by Crippen LogP contribution is -2.43. The van der Waals surface area contributed by atoms with Crippen molar-refractivity contribution in [1.82, 2.24) is 15.0 Å². The zero-order valence-corrected chi connectivity index (χ0v) is 16.6. The molecule has 138 valence electrons. The number of benzene rings is 1. The average Bonchev–Trinajstić information content (AvgIpc) is 3.09. The molecule has 0 bridgehead atoms. The summed E-state index contributed by atoms with van der Waals surface area (Å²) in [7, 11) is 0. The minimum atomic E-state index is -0.194. The third-order valence-corrected chi connectivity index (χ3v) is 5.37. The number of amides is 1. The molecule has 2 aromatic rings. The van der Waals surface area contributed by atoms with Crippen LogP contribution in [0.5, 0.6) is 0 Å². The highest BCUT2D eigenvalue weighted by Crippen LogP contribution is 2.29. The monoisotopic (exact) mass is 397 g/mol. The van der Waals surface area contributed by atoms with Crippen LogP contribution in [-0.4, -0.2) is 23.3 Å². The Bertz CT molecular complexity index is 914. The maximum absolute atomic E-state index is 12.2. The van der Waals surface area contributed by atoms with Gasteiger partial charge in [-0.25, -0.2) is 4.98 Å². The zero-order chi connectivity index (χ0) is 19.2. The largest absolute Gasteiger partial charge is 0.367 e. The molecule has 0 saturated heterocycles. The number of carbonyl (C=O) groups is 1. The molecule has 1 aliphatic heterocycles. The van der Waals surface area contributed by atoms with Gasteiger partial charge in [-0.1, -0.05) is 42.3 Å². The van der Waals surface area contributed by atoms with Gasteiger partial charge in [-0.2, -0.15) is 5.26 Å². The predicted octanol–water partition coefficient (Wildman–Crippen LogP) is 3.36. The van der Waals surface area contributed by atoms with E-state index in [1.54, 1.807) is 18.5 Å². The molecular formula is C19H19N5OS2. The zero-order valence-electron chi connectivity index (χ0n) is 15.0. The molecule has 1 atom stereocenters. The Labute approximate surface area is 166 Å². The molecule has 3 rings (SSSR count). The number of nitriles is 1. The molecule has 0 spiro atoms. The van der Waals surface area contributed by atoms with E-state index in [0.717, 1.165) is 15.6 Å². The first-order valence-corrected chi connectivity index (χ1v) is 10.3. The molecule has 0 radical (unpaired) electrons. The number of anilines is 1. The van der Waals surface area contributed by atoms with Crippen LogP contribution in [0.15, 0.2) is 54.3 Å². The van der Waals surface area contributed by atoms with E-state index in [2.05, 4.69) is 38.1 Å². The molecule has 6 nitrogen and oxygen atoms in total. The standard InChI is InChI=1S/C19H19N5OS2/c1-13-17(18(25)23-26-2)22-19(27-13)24(12-14-6-4-3-5-7-14)16-9-8-15(10-20)11-21-16/h3-9,11,16,21H,12H2,1-2H3,(H,23,25). The van der Waals surface area contributed by atoms with Gasteiger partial charge in [0.15, 0.2) is 5.13 Å². The quantitative estimate of drug-likeness (QED) is 0.728. The fourth-order valence-corrected chi connectivity index (χ4v) is 3.88. The van der Waals surface area contributed by atoms with E-state index in [0.29, 0.717) is 17.8 Å². The Balaban J connectivity index is 1.92. The lowest BCUT2D eigenvalue weighted by atomic mass is 10.1. The fourth-order valence-electron chi connectivity index (χ4n) is 2.66. The average molecular weight is 398 g/mol. The minimum absolute atomic E-state index is 0.163. The highest BCUT2D eigenvalue weighted by molar-refractivity contribution is 7.97. The Morgan fingerprint density at radius 3 is 2.85 bits per heavy atom. The van der Waals surface area contributed by atoms with Crippen molar-refractivity contribution in [2.75, 3.05) is 11.2 Å². The molecule has 1 aromatic carbocycles. The number of allylic oxidation sites excluding steroid dienone is 2. The van der Waals surface area contributed by atoms with E-state index in [9.17, 15) is 4.79 Å². The number of hydrogen-bond donors (Lipinski definition) is 2. The fraction of sp³-hybridized carbons (Fsp3) is 0.211. The van der Waals surface area contributed by atoms with Gasteiger partial charge < -0.3 is 10.2 Å². The van der Waals surface area contributed by atoms with Crippen LogP contribution in [0.4, 0.5) is 5.13 Å². The number of carbonyl (C=O) groups excluding carboxylic acids is 1. The molecule has 2 N–H and O–H groups in total. The predicted molar refractivity (Wildman–Crippen MR) is 110 cm³/mol. The molecular weight excluding hydrogens is 378 g/mol. The molecule has 1 aromatic heterocycles. The van der Waals surface area contributed by atoms with Crippen LogP contribution in [0, 0.1) is 18.3 Å². The molecule has 0 fully saturated rings. The van der Waals surface area contributed by atoms with E-state index in [1.165, 1.54) is 23.3 Å². The van der Waals surface area contributed by atoms with E-state index in [4.69, 9.17) is 5.26 Å². The van der Waals surface area contributed by atoms with Gasteiger partial charge in [-0.05, 0) is 24.6 Å². The van der Waals surface area contributed by atoms with Crippen LogP contribution in [-0.2, 0) is 6.54 Å². The van der Waals surface area contributed by atoms with Gasteiger partial charge in [0, 0.05) is 23.9 Å². The second-order valence-electron chi connectivity index (χ2n) is 5.83. The van der Waals surface area contributed by atoms with Crippen LogP contribution in [0.2, 0.25) is 0 Å². The van der Waals surface area contributed by atoms with Crippen LogP contribution < -0.4 is 14.9 Å². The molecule has 27 heavy (non-hydrogen) atoms. The van der Waals surface area contributed by atoms with E-state index in [1.807, 2.05) is 31.2 Å². The van der Waals surface area contributed by atoms with Crippen molar-refractivity contribution in [3.63, 3.8) is 0 Å². The maximum atomic E-state index is 12.2. The van der Waals surface area contributed by atoms with Crippen LogP contribution in [0.25, 0.3) is 0 Å². The van der Waals surface area contributed by atoms with Gasteiger partial charge in [0.2, 0.25) is 0 Å². The minimum Gasteiger partial charge on any atom is -0.367 e. The number of thiazole rings is 1. The normalized spacial score (nSPS) is 15.4. The third kappa shape index (κ3) is 4.51. The molecule has 1 unspecified atom stereocenters. The summed E-state index contributed by atoms with van der Waals surface area (Å²) >= 11 is 2.74. The maximum Gasteiger partial charge on any atom is 0.280 e. The SMILES string of the molecule is CSNC(=O)c1nc(N(Cc2ccccc2)C2C=CC(C#N)=CN2)sc1C. The van der Waals surface area contributed by atoms with Crippen LogP contribution in [0.3, 0.4) is 0 Å². The summed E-state index contributed by atoms with van der Waals surface area (Å²) in [6.07, 6.45) is 7.06. The number of hydrogen-bond acceptors (Lipinski definition) is 7. The molecule has 8 heteroatoms. The number of nitrogens with one attached hydrogen (secondary N) is 2. The van der Waals surface area contributed by atoms with Gasteiger partial charge in [-0.15, -0.1) is 11.3 Å². The van der Waals surface area contributed by atoms with Gasteiger partial charge in [0.05, 0.1) is 5.57 Å². The van der Waals surface area contributed by atoms with Gasteiger partial charge in [0.25, 0.3) is 5.91 Å². The summed E-state index contributed by atoms with van der Waals surface area (Å²) in [5.41, 5.74) is 2.14. The Kier molecular flexibility index (Phi) is 6.16. The van der Waals surface area contributed by atoms with Crippen LogP contribution >= 0.6 is 23.3 Å². The molecule has 1 aliphatic rings. The third-order valence-electron chi connectivity index (χ3n) is 3.97. The number of aryl methyl sites for hydroxylation is 1. The summed E-state index contributed by atoms with van der Waals surface area (Å²) in [4.78, 5) is 19.8. The molecule has 0 aliphatic carbocycles. The Morgan fingerprint density at radius 2 is 2.22 bits per heavy atom. The summed E-state index contributed by atoms with van der Waals surface area (Å²) in [5.74, 6) is -0.194. The number of nitrogens with zero attached hydrogens (tertiary/aromatic N) is 3. The first-order valence-electron chi connectivity index (χ1n) is 8.28. The van der Waals surface area contributed by atoms with Crippen LogP contribution in [0.1, 0.15) is 20.9 Å². The smallest absolute Gasteiger partial charge is 0.280 e. The van der Waals surface area contributed by atoms with E-state index < -0.39 is 0 Å². The summed E-state index contributed by atoms with van der Waals surface area (Å²) in [6.45, 7) is 2.52. The van der Waals surface area contributed by atoms with E-state index in [-0.39, 0.29) is 12.1 Å². The second-order valence-corrected chi connectivity index (χ2v) is 7.63. The first-order chi connectivity index (χ1) is 13.1. The van der Waals surface area contributed by atoms with Crippen molar-refractivity contribution < 1.29 is 4.79 Å². The molecule has 2 heterocycles.